The Bertz CT molecular complexity index is 2400. The van der Waals surface area contributed by atoms with Crippen molar-refractivity contribution in [1.82, 2.24) is 13.7 Å². The number of halogens is 2. The van der Waals surface area contributed by atoms with Crippen molar-refractivity contribution in [1.29, 1.82) is 0 Å². The van der Waals surface area contributed by atoms with Gasteiger partial charge in [0.05, 0.1) is 16.9 Å². The largest absolute Gasteiger partial charge is 0.377 e. The van der Waals surface area contributed by atoms with Gasteiger partial charge in [0.2, 0.25) is 0 Å². The second-order valence-electron chi connectivity index (χ2n) is 10.6. The SMILES string of the molecule is Cc1ccc(S(=O)(=O)Oc2c(Cc3ccccc3)c(=O)n(C)c3c2c(=O)n(-c2ccc(F)cc2)c(=O)n3-c2ccc(F)cc2)cc1. The van der Waals surface area contributed by atoms with Crippen LogP contribution in [0.5, 0.6) is 5.75 Å². The molecule has 0 N–H and O–H groups in total. The molecule has 0 radical (unpaired) electrons. The molecule has 46 heavy (non-hydrogen) atoms. The van der Waals surface area contributed by atoms with E-state index in [1.54, 1.807) is 49.4 Å². The van der Waals surface area contributed by atoms with Crippen LogP contribution in [0, 0.1) is 18.6 Å². The molecule has 0 bridgehead atoms. The lowest BCUT2D eigenvalue weighted by Gasteiger charge is -2.20. The molecule has 0 amide bonds. The maximum absolute atomic E-state index is 14.4. The number of nitrogens with zero attached hydrogens (tertiary/aromatic N) is 3. The molecule has 232 valence electrons. The van der Waals surface area contributed by atoms with E-state index in [9.17, 15) is 31.6 Å². The first kappa shape index (κ1) is 30.4. The smallest absolute Gasteiger partial charge is 0.341 e. The molecule has 12 heteroatoms. The van der Waals surface area contributed by atoms with Crippen LogP contribution in [-0.2, 0) is 23.6 Å². The van der Waals surface area contributed by atoms with Gasteiger partial charge < -0.3 is 4.18 Å². The molecule has 0 saturated carbocycles. The normalized spacial score (nSPS) is 11.6. The first-order valence-corrected chi connectivity index (χ1v) is 15.4. The molecule has 9 nitrogen and oxygen atoms in total. The third-order valence-corrected chi connectivity index (χ3v) is 8.75. The Morgan fingerprint density at radius 1 is 0.696 bits per heavy atom. The summed E-state index contributed by atoms with van der Waals surface area (Å²) in [6, 6.07) is 23.7. The van der Waals surface area contributed by atoms with E-state index in [0.717, 1.165) is 39.0 Å². The molecule has 0 aliphatic carbocycles. The summed E-state index contributed by atoms with van der Waals surface area (Å²) < 4.78 is 63.8. The summed E-state index contributed by atoms with van der Waals surface area (Å²) in [5.41, 5.74) is -1.78. The molecule has 0 saturated heterocycles. The second kappa shape index (κ2) is 11.7. The zero-order valence-electron chi connectivity index (χ0n) is 24.5. The second-order valence-corrected chi connectivity index (χ2v) is 12.1. The van der Waals surface area contributed by atoms with Gasteiger partial charge in [-0.1, -0.05) is 48.0 Å². The molecule has 0 fully saturated rings. The van der Waals surface area contributed by atoms with Crippen LogP contribution >= 0.6 is 0 Å². The molecule has 0 aliphatic heterocycles. The van der Waals surface area contributed by atoms with E-state index in [1.165, 1.54) is 43.4 Å². The minimum absolute atomic E-state index is 0.0417. The Balaban J connectivity index is 1.80. The Kier molecular flexibility index (Phi) is 7.74. The number of hydrogen-bond donors (Lipinski definition) is 0. The van der Waals surface area contributed by atoms with Gasteiger partial charge in [-0.25, -0.2) is 22.7 Å². The molecule has 4 aromatic carbocycles. The minimum Gasteiger partial charge on any atom is -0.377 e. The summed E-state index contributed by atoms with van der Waals surface area (Å²) in [5, 5.41) is -0.419. The average molecular weight is 642 g/mol. The molecule has 6 rings (SSSR count). The van der Waals surface area contributed by atoms with Crippen molar-refractivity contribution in [3.8, 4) is 17.1 Å². The van der Waals surface area contributed by atoms with Crippen LogP contribution in [0.15, 0.2) is 122 Å². The van der Waals surface area contributed by atoms with Crippen molar-refractivity contribution in [3.05, 3.63) is 163 Å². The standard InChI is InChI=1S/C34H25F2N3O6S/c1-21-8-18-27(19-9-21)46(43,44)45-30-28(20-22-6-4-3-5-7-22)32(40)37(2)31-29(30)33(41)39(26-16-12-24(36)13-17-26)34(42)38(31)25-14-10-23(35)11-15-25/h3-19H,20H2,1-2H3. The monoisotopic (exact) mass is 641 g/mol. The third kappa shape index (κ3) is 5.43. The van der Waals surface area contributed by atoms with Crippen molar-refractivity contribution >= 4 is 21.2 Å². The summed E-state index contributed by atoms with van der Waals surface area (Å²) in [7, 11) is -3.31. The summed E-state index contributed by atoms with van der Waals surface area (Å²) in [6.07, 6.45) is -0.131. The van der Waals surface area contributed by atoms with Crippen LogP contribution in [0.2, 0.25) is 0 Å². The molecule has 0 aliphatic rings. The Morgan fingerprint density at radius 3 is 1.80 bits per heavy atom. The molecule has 2 aromatic heterocycles. The van der Waals surface area contributed by atoms with Gasteiger partial charge in [0, 0.05) is 13.5 Å². The molecular weight excluding hydrogens is 616 g/mol. The van der Waals surface area contributed by atoms with E-state index in [2.05, 4.69) is 0 Å². The van der Waals surface area contributed by atoms with E-state index >= 15 is 0 Å². The van der Waals surface area contributed by atoms with E-state index in [-0.39, 0.29) is 33.9 Å². The molecular formula is C34H25F2N3O6S. The van der Waals surface area contributed by atoms with E-state index in [4.69, 9.17) is 4.18 Å². The van der Waals surface area contributed by atoms with Gasteiger partial charge in [-0.2, -0.15) is 8.42 Å². The lowest BCUT2D eigenvalue weighted by Crippen LogP contribution is -2.41. The highest BCUT2D eigenvalue weighted by molar-refractivity contribution is 7.87. The zero-order valence-corrected chi connectivity index (χ0v) is 25.3. The fraction of sp³-hybridized carbons (Fsp3) is 0.0882. The molecule has 0 spiro atoms. The lowest BCUT2D eigenvalue weighted by atomic mass is 10.0. The number of hydrogen-bond acceptors (Lipinski definition) is 6. The van der Waals surface area contributed by atoms with Crippen LogP contribution in [0.4, 0.5) is 8.78 Å². The fourth-order valence-corrected chi connectivity index (χ4v) is 6.18. The highest BCUT2D eigenvalue weighted by atomic mass is 32.2. The quantitative estimate of drug-likeness (QED) is 0.232. The zero-order chi connectivity index (χ0) is 32.7. The number of rotatable bonds is 7. The van der Waals surface area contributed by atoms with Crippen molar-refractivity contribution in [2.75, 3.05) is 0 Å². The highest BCUT2D eigenvalue weighted by Gasteiger charge is 2.30. The highest BCUT2D eigenvalue weighted by Crippen LogP contribution is 2.31. The van der Waals surface area contributed by atoms with Gasteiger partial charge in [-0.3, -0.25) is 14.2 Å². The molecule has 0 atom stereocenters. The van der Waals surface area contributed by atoms with Gasteiger partial charge in [0.25, 0.3) is 11.1 Å². The van der Waals surface area contributed by atoms with Gasteiger partial charge in [-0.05, 0) is 73.2 Å². The third-order valence-electron chi connectivity index (χ3n) is 7.51. The average Bonchev–Trinajstić information content (AvgIpc) is 3.03. The van der Waals surface area contributed by atoms with E-state index in [1.807, 2.05) is 0 Å². The Labute approximate surface area is 260 Å². The summed E-state index contributed by atoms with van der Waals surface area (Å²) in [6.45, 7) is 1.77. The van der Waals surface area contributed by atoms with E-state index in [0.29, 0.717) is 10.1 Å². The Hall–Kier alpha value is -5.62. The van der Waals surface area contributed by atoms with Crippen molar-refractivity contribution in [3.63, 3.8) is 0 Å². The predicted molar refractivity (Wildman–Crippen MR) is 169 cm³/mol. The van der Waals surface area contributed by atoms with Crippen molar-refractivity contribution in [2.45, 2.75) is 18.2 Å². The fourth-order valence-electron chi connectivity index (χ4n) is 5.21. The number of fused-ring (bicyclic) bond motifs is 1. The molecule has 2 heterocycles. The molecule has 6 aromatic rings. The van der Waals surface area contributed by atoms with Gasteiger partial charge in [0.1, 0.15) is 27.6 Å². The summed E-state index contributed by atoms with van der Waals surface area (Å²) in [4.78, 5) is 42.4. The van der Waals surface area contributed by atoms with Gasteiger partial charge in [0.15, 0.2) is 5.75 Å². The van der Waals surface area contributed by atoms with Crippen molar-refractivity contribution < 1.29 is 21.4 Å². The number of pyridine rings is 1. The molecule has 0 unspecified atom stereocenters. The number of benzene rings is 4. The Morgan fingerprint density at radius 2 is 1.24 bits per heavy atom. The number of aromatic nitrogens is 3. The maximum Gasteiger partial charge on any atom is 0.341 e. The minimum atomic E-state index is -4.64. The topological polar surface area (TPSA) is 109 Å². The number of aryl methyl sites for hydroxylation is 2. The van der Waals surface area contributed by atoms with Crippen LogP contribution in [0.25, 0.3) is 22.4 Å². The van der Waals surface area contributed by atoms with Crippen LogP contribution in [0.1, 0.15) is 16.7 Å². The van der Waals surface area contributed by atoms with Gasteiger partial charge in [-0.15, -0.1) is 0 Å². The van der Waals surface area contributed by atoms with Crippen molar-refractivity contribution in [2.24, 2.45) is 7.05 Å². The predicted octanol–water partition coefficient (Wildman–Crippen LogP) is 4.79. The first-order valence-electron chi connectivity index (χ1n) is 14.0. The lowest BCUT2D eigenvalue weighted by molar-refractivity contribution is 0.484. The van der Waals surface area contributed by atoms with Crippen LogP contribution < -0.4 is 21.0 Å². The van der Waals surface area contributed by atoms with E-state index < -0.39 is 49.7 Å². The van der Waals surface area contributed by atoms with Gasteiger partial charge >= 0.3 is 15.8 Å². The first-order chi connectivity index (χ1) is 22.0. The van der Waals surface area contributed by atoms with Crippen LogP contribution in [0.3, 0.4) is 0 Å². The summed E-state index contributed by atoms with van der Waals surface area (Å²) >= 11 is 0. The summed E-state index contributed by atoms with van der Waals surface area (Å²) in [5.74, 6) is -1.81. The van der Waals surface area contributed by atoms with Crippen LogP contribution in [-0.4, -0.2) is 22.1 Å². The maximum atomic E-state index is 14.4.